The van der Waals surface area contributed by atoms with Crippen molar-refractivity contribution in [2.24, 2.45) is 11.8 Å². The van der Waals surface area contributed by atoms with Crippen molar-refractivity contribution in [1.82, 2.24) is 5.32 Å². The normalized spacial score (nSPS) is 24.2. The van der Waals surface area contributed by atoms with Crippen molar-refractivity contribution in [3.8, 4) is 0 Å². The number of nitrogens with zero attached hydrogens (tertiary/aromatic N) is 2. The number of nitrogens with one attached hydrogen (secondary N) is 1. The van der Waals surface area contributed by atoms with Crippen molar-refractivity contribution < 1.29 is 24.0 Å². The summed E-state index contributed by atoms with van der Waals surface area (Å²) in [6, 6.07) is 4.18. The van der Waals surface area contributed by atoms with Crippen LogP contribution in [0.25, 0.3) is 0 Å². The first-order chi connectivity index (χ1) is 14.4. The van der Waals surface area contributed by atoms with Crippen LogP contribution in [0, 0.1) is 22.0 Å². The summed E-state index contributed by atoms with van der Waals surface area (Å²) in [5.41, 5.74) is 0.427. The van der Waals surface area contributed by atoms with Crippen LogP contribution in [0.15, 0.2) is 18.2 Å². The third kappa shape index (κ3) is 5.27. The Morgan fingerprint density at radius 1 is 1.27 bits per heavy atom. The van der Waals surface area contributed by atoms with Crippen LogP contribution in [-0.2, 0) is 14.3 Å². The van der Waals surface area contributed by atoms with Crippen LogP contribution in [0.2, 0.25) is 0 Å². The van der Waals surface area contributed by atoms with Crippen LogP contribution in [0.5, 0.6) is 0 Å². The number of benzene rings is 1. The number of ether oxygens (including phenoxy) is 2. The van der Waals surface area contributed by atoms with Crippen LogP contribution in [-0.4, -0.2) is 55.8 Å². The van der Waals surface area contributed by atoms with E-state index in [9.17, 15) is 19.7 Å². The highest BCUT2D eigenvalue weighted by Crippen LogP contribution is 2.30. The van der Waals surface area contributed by atoms with Crippen molar-refractivity contribution in [2.45, 2.75) is 39.2 Å². The minimum absolute atomic E-state index is 0.0710. The van der Waals surface area contributed by atoms with Gasteiger partial charge < -0.3 is 19.7 Å². The second kappa shape index (κ2) is 9.88. The Morgan fingerprint density at radius 2 is 2.00 bits per heavy atom. The summed E-state index contributed by atoms with van der Waals surface area (Å²) in [6.07, 6.45) is 3.13. The van der Waals surface area contributed by atoms with Gasteiger partial charge in [0.15, 0.2) is 6.61 Å². The van der Waals surface area contributed by atoms with E-state index in [1.165, 1.54) is 12.1 Å². The largest absolute Gasteiger partial charge is 0.452 e. The molecule has 0 unspecified atom stereocenters. The molecule has 2 aliphatic rings. The number of morpholine rings is 1. The van der Waals surface area contributed by atoms with Crippen LogP contribution in [0.1, 0.15) is 43.5 Å². The molecule has 164 valence electrons. The SMILES string of the molecule is C[C@@H]1[C@H](C)CCC[C@H]1NC(=O)COC(=O)c1cc([N+](=O)[O-])ccc1N1CCOCC1. The van der Waals surface area contributed by atoms with Gasteiger partial charge >= 0.3 is 5.97 Å². The molecule has 3 rings (SSSR count). The van der Waals surface area contributed by atoms with Gasteiger partial charge in [0.05, 0.1) is 29.4 Å². The number of nitro benzene ring substituents is 1. The number of carbonyl (C=O) groups excluding carboxylic acids is 2. The fourth-order valence-corrected chi connectivity index (χ4v) is 4.12. The molecule has 9 nitrogen and oxygen atoms in total. The Bertz CT molecular complexity index is 793. The number of amides is 1. The standard InChI is InChI=1S/C21H29N3O6/c1-14-4-3-5-18(15(14)2)22-20(25)13-30-21(26)17-12-16(24(27)28)6-7-19(17)23-8-10-29-11-9-23/h6-7,12,14-15,18H,3-5,8-11,13H2,1-2H3,(H,22,25)/t14-,15-,18-/m1/s1. The fraction of sp³-hybridized carbons (Fsp3) is 0.619. The zero-order valence-corrected chi connectivity index (χ0v) is 17.5. The Labute approximate surface area is 175 Å². The average molecular weight is 419 g/mol. The van der Waals surface area contributed by atoms with E-state index in [0.29, 0.717) is 43.8 Å². The Kier molecular flexibility index (Phi) is 7.25. The van der Waals surface area contributed by atoms with E-state index < -0.39 is 17.5 Å². The van der Waals surface area contributed by atoms with E-state index in [0.717, 1.165) is 19.3 Å². The van der Waals surface area contributed by atoms with Crippen molar-refractivity contribution in [2.75, 3.05) is 37.8 Å². The van der Waals surface area contributed by atoms with E-state index in [1.54, 1.807) is 6.07 Å². The van der Waals surface area contributed by atoms with Gasteiger partial charge in [-0.3, -0.25) is 14.9 Å². The van der Waals surface area contributed by atoms with E-state index >= 15 is 0 Å². The maximum atomic E-state index is 12.7. The molecular weight excluding hydrogens is 390 g/mol. The molecule has 1 saturated carbocycles. The minimum Gasteiger partial charge on any atom is -0.452 e. The number of hydrogen-bond acceptors (Lipinski definition) is 7. The summed E-state index contributed by atoms with van der Waals surface area (Å²) in [5.74, 6) is -0.205. The summed E-state index contributed by atoms with van der Waals surface area (Å²) in [7, 11) is 0. The fourth-order valence-electron chi connectivity index (χ4n) is 4.12. The van der Waals surface area contributed by atoms with Crippen LogP contribution in [0.4, 0.5) is 11.4 Å². The molecule has 0 bridgehead atoms. The summed E-state index contributed by atoms with van der Waals surface area (Å²) >= 11 is 0. The molecular formula is C21H29N3O6. The van der Waals surface area contributed by atoms with Crippen molar-refractivity contribution in [1.29, 1.82) is 0 Å². The number of nitro groups is 1. The van der Waals surface area contributed by atoms with E-state index in [-0.39, 0.29) is 23.2 Å². The number of anilines is 1. The summed E-state index contributed by atoms with van der Waals surface area (Å²) in [5, 5.41) is 14.1. The first-order valence-corrected chi connectivity index (χ1v) is 10.4. The van der Waals surface area contributed by atoms with Crippen molar-refractivity contribution in [3.63, 3.8) is 0 Å². The molecule has 1 saturated heterocycles. The summed E-state index contributed by atoms with van der Waals surface area (Å²) < 4.78 is 10.6. The lowest BCUT2D eigenvalue weighted by molar-refractivity contribution is -0.384. The molecule has 1 aromatic carbocycles. The molecule has 30 heavy (non-hydrogen) atoms. The molecule has 3 atom stereocenters. The number of hydrogen-bond donors (Lipinski definition) is 1. The first kappa shape index (κ1) is 22.0. The van der Waals surface area contributed by atoms with Crippen LogP contribution < -0.4 is 10.2 Å². The molecule has 2 fully saturated rings. The van der Waals surface area contributed by atoms with Gasteiger partial charge in [-0.2, -0.15) is 0 Å². The van der Waals surface area contributed by atoms with Gasteiger partial charge in [-0.25, -0.2) is 4.79 Å². The van der Waals surface area contributed by atoms with Gasteiger partial charge in [0.25, 0.3) is 11.6 Å². The highest BCUT2D eigenvalue weighted by molar-refractivity contribution is 5.97. The van der Waals surface area contributed by atoms with Gasteiger partial charge in [-0.1, -0.05) is 26.7 Å². The maximum absolute atomic E-state index is 12.7. The Balaban J connectivity index is 1.66. The zero-order valence-electron chi connectivity index (χ0n) is 17.5. The molecule has 1 aliphatic carbocycles. The molecule has 1 amide bonds. The molecule has 9 heteroatoms. The monoisotopic (exact) mass is 419 g/mol. The van der Waals surface area contributed by atoms with Gasteiger partial charge in [0.2, 0.25) is 0 Å². The second-order valence-electron chi connectivity index (χ2n) is 8.08. The molecule has 1 heterocycles. The predicted octanol–water partition coefficient (Wildman–Crippen LogP) is 2.53. The van der Waals surface area contributed by atoms with Gasteiger partial charge in [-0.05, 0) is 24.3 Å². The summed E-state index contributed by atoms with van der Waals surface area (Å²) in [4.78, 5) is 37.6. The Hall–Kier alpha value is -2.68. The average Bonchev–Trinajstić information content (AvgIpc) is 2.75. The number of rotatable bonds is 6. The molecule has 0 radical (unpaired) electrons. The van der Waals surface area contributed by atoms with Crippen LogP contribution in [0.3, 0.4) is 0 Å². The van der Waals surface area contributed by atoms with Crippen molar-refractivity contribution >= 4 is 23.3 Å². The van der Waals surface area contributed by atoms with E-state index in [1.807, 2.05) is 4.90 Å². The molecule has 1 N–H and O–H groups in total. The lowest BCUT2D eigenvalue weighted by Crippen LogP contribution is -2.45. The smallest absolute Gasteiger partial charge is 0.341 e. The summed E-state index contributed by atoms with van der Waals surface area (Å²) in [6.45, 7) is 6.03. The minimum atomic E-state index is -0.750. The third-order valence-corrected chi connectivity index (χ3v) is 6.15. The number of carbonyl (C=O) groups is 2. The molecule has 1 aliphatic heterocycles. The Morgan fingerprint density at radius 3 is 2.70 bits per heavy atom. The lowest BCUT2D eigenvalue weighted by Gasteiger charge is -2.34. The third-order valence-electron chi connectivity index (χ3n) is 6.15. The second-order valence-corrected chi connectivity index (χ2v) is 8.08. The first-order valence-electron chi connectivity index (χ1n) is 10.4. The highest BCUT2D eigenvalue weighted by atomic mass is 16.6. The molecule has 0 spiro atoms. The van der Waals surface area contributed by atoms with Gasteiger partial charge in [0, 0.05) is 31.3 Å². The van der Waals surface area contributed by atoms with Gasteiger partial charge in [0.1, 0.15) is 0 Å². The van der Waals surface area contributed by atoms with E-state index in [4.69, 9.17) is 9.47 Å². The lowest BCUT2D eigenvalue weighted by atomic mass is 9.78. The molecule has 0 aromatic heterocycles. The maximum Gasteiger partial charge on any atom is 0.341 e. The quantitative estimate of drug-likeness (QED) is 0.428. The number of esters is 1. The zero-order chi connectivity index (χ0) is 21.7. The molecule has 1 aromatic rings. The predicted molar refractivity (Wildman–Crippen MR) is 111 cm³/mol. The number of non-ortho nitro benzene ring substituents is 1. The van der Waals surface area contributed by atoms with Crippen molar-refractivity contribution in [3.05, 3.63) is 33.9 Å². The van der Waals surface area contributed by atoms with E-state index in [2.05, 4.69) is 19.2 Å². The topological polar surface area (TPSA) is 111 Å². The highest BCUT2D eigenvalue weighted by Gasteiger charge is 2.29. The van der Waals surface area contributed by atoms with Gasteiger partial charge in [-0.15, -0.1) is 0 Å². The van der Waals surface area contributed by atoms with Crippen LogP contribution >= 0.6 is 0 Å².